The van der Waals surface area contributed by atoms with E-state index in [1.807, 2.05) is 44.2 Å². The van der Waals surface area contributed by atoms with Gasteiger partial charge in [-0.25, -0.2) is 4.79 Å². The number of Topliss-reactive ketones (excluding diaryl/α,β-unsaturated/α-hetero) is 1. The molecule has 2 atom stereocenters. The SMILES string of the molecule is CCNC(=O)C(=O)C(Cc1ccccc1)NC(=O)[C@H](CC(C)C)NC(=O)OC(C)(C)C. The van der Waals surface area contributed by atoms with Crippen LogP contribution in [0.3, 0.4) is 0 Å². The summed E-state index contributed by atoms with van der Waals surface area (Å²) in [6.07, 6.45) is -0.218. The number of hydrogen-bond acceptors (Lipinski definition) is 5. The molecule has 0 spiro atoms. The predicted octanol–water partition coefficient (Wildman–Crippen LogP) is 2.36. The van der Waals surface area contributed by atoms with E-state index in [1.54, 1.807) is 27.7 Å². The van der Waals surface area contributed by atoms with Crippen LogP contribution in [-0.2, 0) is 25.5 Å². The lowest BCUT2D eigenvalue weighted by Crippen LogP contribution is -2.55. The Bertz CT molecular complexity index is 756. The van der Waals surface area contributed by atoms with Gasteiger partial charge in [-0.15, -0.1) is 0 Å². The molecule has 0 bridgehead atoms. The van der Waals surface area contributed by atoms with Gasteiger partial charge in [0.25, 0.3) is 5.91 Å². The topological polar surface area (TPSA) is 114 Å². The highest BCUT2D eigenvalue weighted by molar-refractivity contribution is 6.38. The third kappa shape index (κ3) is 10.1. The van der Waals surface area contributed by atoms with Crippen molar-refractivity contribution in [3.8, 4) is 0 Å². The summed E-state index contributed by atoms with van der Waals surface area (Å²) in [6, 6.07) is 7.13. The zero-order valence-electron chi connectivity index (χ0n) is 19.3. The molecule has 1 aromatic rings. The molecule has 3 amide bonds. The molecule has 1 rings (SSSR count). The second kappa shape index (κ2) is 12.1. The third-order valence-electron chi connectivity index (χ3n) is 4.19. The maximum Gasteiger partial charge on any atom is 0.408 e. The Morgan fingerprint density at radius 1 is 0.968 bits per heavy atom. The molecular formula is C23H35N3O5. The maximum atomic E-state index is 13.0. The van der Waals surface area contributed by atoms with Crippen molar-refractivity contribution in [1.29, 1.82) is 0 Å². The lowest BCUT2D eigenvalue weighted by Gasteiger charge is -2.26. The highest BCUT2D eigenvalue weighted by atomic mass is 16.6. The van der Waals surface area contributed by atoms with E-state index in [-0.39, 0.29) is 12.3 Å². The van der Waals surface area contributed by atoms with E-state index < -0.39 is 41.4 Å². The fourth-order valence-corrected chi connectivity index (χ4v) is 2.89. The number of benzene rings is 1. The number of amides is 3. The molecule has 172 valence electrons. The van der Waals surface area contributed by atoms with Crippen LogP contribution in [0.2, 0.25) is 0 Å². The normalized spacial score (nSPS) is 13.1. The van der Waals surface area contributed by atoms with E-state index in [0.29, 0.717) is 13.0 Å². The highest BCUT2D eigenvalue weighted by Gasteiger charge is 2.31. The quantitative estimate of drug-likeness (QED) is 0.490. The summed E-state index contributed by atoms with van der Waals surface area (Å²) in [5.41, 5.74) is 0.0819. The summed E-state index contributed by atoms with van der Waals surface area (Å²) in [5, 5.41) is 7.72. The fourth-order valence-electron chi connectivity index (χ4n) is 2.89. The summed E-state index contributed by atoms with van der Waals surface area (Å²) < 4.78 is 5.26. The summed E-state index contributed by atoms with van der Waals surface area (Å²) >= 11 is 0. The molecule has 0 fully saturated rings. The van der Waals surface area contributed by atoms with Crippen LogP contribution in [0.5, 0.6) is 0 Å². The minimum Gasteiger partial charge on any atom is -0.444 e. The Labute approximate surface area is 184 Å². The summed E-state index contributed by atoms with van der Waals surface area (Å²) in [4.78, 5) is 50.0. The first-order valence-electron chi connectivity index (χ1n) is 10.6. The molecule has 8 heteroatoms. The predicted molar refractivity (Wildman–Crippen MR) is 118 cm³/mol. The van der Waals surface area contributed by atoms with Crippen molar-refractivity contribution in [2.45, 2.75) is 72.1 Å². The monoisotopic (exact) mass is 433 g/mol. The van der Waals surface area contributed by atoms with Gasteiger partial charge in [0.2, 0.25) is 11.7 Å². The molecule has 0 aromatic heterocycles. The van der Waals surface area contributed by atoms with Crippen LogP contribution in [0.4, 0.5) is 4.79 Å². The van der Waals surface area contributed by atoms with Crippen LogP contribution in [0.15, 0.2) is 30.3 Å². The molecular weight excluding hydrogens is 398 g/mol. The molecule has 0 aliphatic heterocycles. The highest BCUT2D eigenvalue weighted by Crippen LogP contribution is 2.11. The molecule has 31 heavy (non-hydrogen) atoms. The average Bonchev–Trinajstić information content (AvgIpc) is 2.65. The Kier molecular flexibility index (Phi) is 10.2. The third-order valence-corrected chi connectivity index (χ3v) is 4.19. The molecule has 8 nitrogen and oxygen atoms in total. The van der Waals surface area contributed by atoms with Gasteiger partial charge in [0.15, 0.2) is 0 Å². The van der Waals surface area contributed by atoms with Gasteiger partial charge in [0.05, 0.1) is 0 Å². The van der Waals surface area contributed by atoms with Gasteiger partial charge in [-0.1, -0.05) is 44.2 Å². The standard InChI is InChI=1S/C23H35N3O5/c1-7-24-21(29)19(27)17(14-16-11-9-8-10-12-16)25-20(28)18(13-15(2)3)26-22(30)31-23(4,5)6/h8-12,15,17-18H,7,13-14H2,1-6H3,(H,24,29)(H,25,28)(H,26,30)/t17?,18-/m0/s1. The van der Waals surface area contributed by atoms with Crippen molar-refractivity contribution in [3.05, 3.63) is 35.9 Å². The van der Waals surface area contributed by atoms with Crippen molar-refractivity contribution in [1.82, 2.24) is 16.0 Å². The van der Waals surface area contributed by atoms with Crippen molar-refractivity contribution in [2.75, 3.05) is 6.54 Å². The van der Waals surface area contributed by atoms with Crippen molar-refractivity contribution in [2.24, 2.45) is 5.92 Å². The first-order valence-corrected chi connectivity index (χ1v) is 10.6. The second-order valence-electron chi connectivity index (χ2n) is 8.80. The minimum absolute atomic E-state index is 0.0948. The Hall–Kier alpha value is -2.90. The summed E-state index contributed by atoms with van der Waals surface area (Å²) in [5.74, 6) is -1.95. The van der Waals surface area contributed by atoms with Crippen LogP contribution in [0, 0.1) is 5.92 Å². The molecule has 3 N–H and O–H groups in total. The van der Waals surface area contributed by atoms with Crippen molar-refractivity contribution < 1.29 is 23.9 Å². The number of hydrogen-bond donors (Lipinski definition) is 3. The first-order chi connectivity index (χ1) is 14.4. The molecule has 0 aliphatic rings. The molecule has 1 aromatic carbocycles. The van der Waals surface area contributed by atoms with E-state index >= 15 is 0 Å². The molecule has 0 radical (unpaired) electrons. The number of rotatable bonds is 10. The summed E-state index contributed by atoms with van der Waals surface area (Å²) in [7, 11) is 0. The number of nitrogens with one attached hydrogen (secondary N) is 3. The molecule has 0 aliphatic carbocycles. The Morgan fingerprint density at radius 3 is 2.10 bits per heavy atom. The lowest BCUT2D eigenvalue weighted by atomic mass is 9.99. The van der Waals surface area contributed by atoms with Gasteiger partial charge in [-0.3, -0.25) is 14.4 Å². The first kappa shape index (κ1) is 26.1. The summed E-state index contributed by atoms with van der Waals surface area (Å²) in [6.45, 7) is 11.0. The van der Waals surface area contributed by atoms with Crippen molar-refractivity contribution in [3.63, 3.8) is 0 Å². The Morgan fingerprint density at radius 2 is 1.58 bits per heavy atom. The van der Waals surface area contributed by atoms with E-state index in [1.165, 1.54) is 0 Å². The number of ether oxygens (including phenoxy) is 1. The molecule has 0 saturated heterocycles. The van der Waals surface area contributed by atoms with Gasteiger partial charge in [-0.05, 0) is 45.6 Å². The van der Waals surface area contributed by atoms with Gasteiger partial charge in [-0.2, -0.15) is 0 Å². The number of ketones is 1. The van der Waals surface area contributed by atoms with Gasteiger partial charge < -0.3 is 20.7 Å². The fraction of sp³-hybridized carbons (Fsp3) is 0.565. The average molecular weight is 434 g/mol. The van der Waals surface area contributed by atoms with E-state index in [0.717, 1.165) is 5.56 Å². The lowest BCUT2D eigenvalue weighted by molar-refractivity contribution is -0.140. The smallest absolute Gasteiger partial charge is 0.408 e. The van der Waals surface area contributed by atoms with Crippen LogP contribution in [0.25, 0.3) is 0 Å². The zero-order chi connectivity index (χ0) is 23.6. The second-order valence-corrected chi connectivity index (χ2v) is 8.80. The Balaban J connectivity index is 3.02. The largest absolute Gasteiger partial charge is 0.444 e. The van der Waals surface area contributed by atoms with Crippen LogP contribution in [-0.4, -0.2) is 47.9 Å². The number of carbonyl (C=O) groups is 4. The zero-order valence-corrected chi connectivity index (χ0v) is 19.3. The van der Waals surface area contributed by atoms with E-state index in [4.69, 9.17) is 4.74 Å². The van der Waals surface area contributed by atoms with Gasteiger partial charge >= 0.3 is 6.09 Å². The molecule has 0 saturated carbocycles. The number of alkyl carbamates (subject to hydrolysis) is 1. The van der Waals surface area contributed by atoms with E-state index in [9.17, 15) is 19.2 Å². The molecule has 0 heterocycles. The molecule has 1 unspecified atom stereocenters. The van der Waals surface area contributed by atoms with Gasteiger partial charge in [0, 0.05) is 13.0 Å². The van der Waals surface area contributed by atoms with E-state index in [2.05, 4.69) is 16.0 Å². The van der Waals surface area contributed by atoms with Crippen molar-refractivity contribution >= 4 is 23.7 Å². The van der Waals surface area contributed by atoms with Crippen LogP contribution < -0.4 is 16.0 Å². The number of carbonyl (C=O) groups excluding carboxylic acids is 4. The minimum atomic E-state index is -1.06. The number of likely N-dealkylation sites (N-methyl/N-ethyl adjacent to an activating group) is 1. The van der Waals surface area contributed by atoms with Crippen LogP contribution in [0.1, 0.15) is 53.5 Å². The van der Waals surface area contributed by atoms with Gasteiger partial charge in [0.1, 0.15) is 17.7 Å². The van der Waals surface area contributed by atoms with Crippen LogP contribution >= 0.6 is 0 Å². The maximum absolute atomic E-state index is 13.0.